The van der Waals surface area contributed by atoms with E-state index in [2.05, 4.69) is 34.7 Å². The van der Waals surface area contributed by atoms with E-state index in [-0.39, 0.29) is 53.6 Å². The van der Waals surface area contributed by atoms with Gasteiger partial charge in [0.05, 0.1) is 5.56 Å². The molecule has 45 heavy (non-hydrogen) atoms. The molecule has 3 atom stereocenters. The van der Waals surface area contributed by atoms with Crippen molar-refractivity contribution in [3.05, 3.63) is 65.7 Å². The van der Waals surface area contributed by atoms with Gasteiger partial charge in [0.2, 0.25) is 11.8 Å². The molecule has 0 aromatic heterocycles. The maximum Gasteiger partial charge on any atom is 0.258 e. The number of amides is 4. The van der Waals surface area contributed by atoms with Crippen molar-refractivity contribution in [1.82, 2.24) is 25.3 Å². The summed E-state index contributed by atoms with van der Waals surface area (Å²) in [5.41, 5.74) is 1.48. The first kappa shape index (κ1) is 34.0. The van der Waals surface area contributed by atoms with Crippen molar-refractivity contribution in [2.75, 3.05) is 39.8 Å². The number of piperazine rings is 1. The Morgan fingerprint density at radius 1 is 0.911 bits per heavy atom. The van der Waals surface area contributed by atoms with Crippen molar-refractivity contribution in [1.29, 1.82) is 0 Å². The van der Waals surface area contributed by atoms with Gasteiger partial charge in [0.1, 0.15) is 17.8 Å². The van der Waals surface area contributed by atoms with Gasteiger partial charge in [0, 0.05) is 38.3 Å². The largest absolute Gasteiger partial charge is 0.483 e. The van der Waals surface area contributed by atoms with Gasteiger partial charge < -0.3 is 25.2 Å². The molecule has 2 heterocycles. The van der Waals surface area contributed by atoms with Crippen LogP contribution in [-0.4, -0.2) is 102 Å². The molecule has 0 aliphatic carbocycles. The predicted octanol–water partition coefficient (Wildman–Crippen LogP) is 3.11. The zero-order valence-electron chi connectivity index (χ0n) is 27.3. The van der Waals surface area contributed by atoms with E-state index in [1.54, 1.807) is 29.2 Å². The van der Waals surface area contributed by atoms with Crippen molar-refractivity contribution >= 4 is 23.6 Å². The highest BCUT2D eigenvalue weighted by atomic mass is 16.5. The summed E-state index contributed by atoms with van der Waals surface area (Å²) in [7, 11) is 2.10. The van der Waals surface area contributed by atoms with E-state index in [4.69, 9.17) is 4.74 Å². The van der Waals surface area contributed by atoms with E-state index >= 15 is 0 Å². The number of carbonyl (C=O) groups is 4. The van der Waals surface area contributed by atoms with Crippen LogP contribution in [0.3, 0.4) is 0 Å². The third-order valence-electron chi connectivity index (χ3n) is 8.47. The second kappa shape index (κ2) is 15.9. The summed E-state index contributed by atoms with van der Waals surface area (Å²) in [5.74, 6) is -0.612. The molecule has 2 fully saturated rings. The van der Waals surface area contributed by atoms with Crippen molar-refractivity contribution in [2.24, 2.45) is 5.92 Å². The molecule has 0 radical (unpaired) electrons. The molecule has 244 valence electrons. The van der Waals surface area contributed by atoms with Gasteiger partial charge in [-0.1, -0.05) is 56.3 Å². The summed E-state index contributed by atoms with van der Waals surface area (Å²) < 4.78 is 5.69. The number of carbonyl (C=O) groups excluding carboxylic acids is 4. The third kappa shape index (κ3) is 9.29. The van der Waals surface area contributed by atoms with E-state index in [9.17, 15) is 19.2 Å². The van der Waals surface area contributed by atoms with E-state index in [1.807, 2.05) is 50.8 Å². The van der Waals surface area contributed by atoms with Crippen molar-refractivity contribution < 1.29 is 23.9 Å². The SMILES string of the molecule is CC(C)C[C@@H](NC(=O)c1ccccc1OCC(=O)NC(C)C)C(=O)N1CCC[C@@H]1C(=O)N1CCN(C)[C@@H](Cc2ccccc2)C1. The van der Waals surface area contributed by atoms with Crippen LogP contribution in [0.2, 0.25) is 0 Å². The molecule has 2 aliphatic heterocycles. The number of likely N-dealkylation sites (N-methyl/N-ethyl adjacent to an activating group) is 1. The summed E-state index contributed by atoms with van der Waals surface area (Å²) in [5, 5.41) is 5.70. The Hall–Kier alpha value is -3.92. The number of nitrogens with one attached hydrogen (secondary N) is 2. The second-order valence-corrected chi connectivity index (χ2v) is 13.0. The van der Waals surface area contributed by atoms with Crippen LogP contribution in [0.15, 0.2) is 54.6 Å². The minimum atomic E-state index is -0.804. The van der Waals surface area contributed by atoms with Crippen LogP contribution in [0.4, 0.5) is 0 Å². The Morgan fingerprint density at radius 3 is 2.33 bits per heavy atom. The van der Waals surface area contributed by atoms with Crippen LogP contribution in [0.1, 0.15) is 62.9 Å². The third-order valence-corrected chi connectivity index (χ3v) is 8.47. The van der Waals surface area contributed by atoms with Gasteiger partial charge in [0.15, 0.2) is 6.61 Å². The minimum Gasteiger partial charge on any atom is -0.483 e. The number of likely N-dealkylation sites (tertiary alicyclic amines) is 1. The average Bonchev–Trinajstić information content (AvgIpc) is 3.50. The fraction of sp³-hybridized carbons (Fsp3) is 0.543. The highest BCUT2D eigenvalue weighted by Gasteiger charge is 2.41. The fourth-order valence-corrected chi connectivity index (χ4v) is 6.17. The molecule has 4 amide bonds. The normalized spacial score (nSPS) is 19.4. The molecular weight excluding hydrogens is 570 g/mol. The Labute approximate surface area is 267 Å². The van der Waals surface area contributed by atoms with Crippen LogP contribution in [-0.2, 0) is 20.8 Å². The highest BCUT2D eigenvalue weighted by molar-refractivity contribution is 6.00. The van der Waals surface area contributed by atoms with E-state index in [0.717, 1.165) is 19.4 Å². The molecule has 10 nitrogen and oxygen atoms in total. The summed E-state index contributed by atoms with van der Waals surface area (Å²) >= 11 is 0. The lowest BCUT2D eigenvalue weighted by Gasteiger charge is -2.41. The first-order valence-corrected chi connectivity index (χ1v) is 16.2. The maximum atomic E-state index is 14.1. The molecule has 2 aliphatic rings. The van der Waals surface area contributed by atoms with Gasteiger partial charge in [-0.25, -0.2) is 0 Å². The molecule has 2 saturated heterocycles. The van der Waals surface area contributed by atoms with Gasteiger partial charge in [-0.05, 0) is 70.2 Å². The molecule has 10 heteroatoms. The lowest BCUT2D eigenvalue weighted by Crippen LogP contribution is -2.59. The standard InChI is InChI=1S/C35H49N5O5/c1-24(2)20-29(37-33(42)28-14-9-10-16-31(28)45-23-32(41)36-25(3)4)34(43)40-17-11-15-30(40)35(44)39-19-18-38(5)27(22-39)21-26-12-7-6-8-13-26/h6-10,12-14,16,24-25,27,29-30H,11,15,17-23H2,1-5H3,(H,36,41)(H,37,42)/t27-,29+,30+/m0/s1. The molecule has 2 N–H and O–H groups in total. The Bertz CT molecular complexity index is 1320. The Kier molecular flexibility index (Phi) is 12.0. The summed E-state index contributed by atoms with van der Waals surface area (Å²) in [4.78, 5) is 59.6. The van der Waals surface area contributed by atoms with E-state index in [1.165, 1.54) is 5.56 Å². The summed E-state index contributed by atoms with van der Waals surface area (Å²) in [6.07, 6.45) is 2.62. The lowest BCUT2D eigenvalue weighted by atomic mass is 10.0. The number of hydrogen-bond donors (Lipinski definition) is 2. The number of benzene rings is 2. The van der Waals surface area contributed by atoms with Crippen LogP contribution < -0.4 is 15.4 Å². The highest BCUT2D eigenvalue weighted by Crippen LogP contribution is 2.25. The second-order valence-electron chi connectivity index (χ2n) is 13.0. The Morgan fingerprint density at radius 2 is 1.62 bits per heavy atom. The number of hydrogen-bond acceptors (Lipinski definition) is 6. The molecule has 2 aromatic carbocycles. The van der Waals surface area contributed by atoms with Gasteiger partial charge in [-0.15, -0.1) is 0 Å². The smallest absolute Gasteiger partial charge is 0.258 e. The number of para-hydroxylation sites is 1. The molecule has 0 spiro atoms. The van der Waals surface area contributed by atoms with Crippen LogP contribution in [0.25, 0.3) is 0 Å². The van der Waals surface area contributed by atoms with Gasteiger partial charge in [-0.3, -0.25) is 24.1 Å². The first-order chi connectivity index (χ1) is 21.5. The molecule has 4 rings (SSSR count). The molecule has 0 saturated carbocycles. The number of ether oxygens (including phenoxy) is 1. The van der Waals surface area contributed by atoms with Crippen molar-refractivity contribution in [3.8, 4) is 5.75 Å². The van der Waals surface area contributed by atoms with Gasteiger partial charge in [-0.2, -0.15) is 0 Å². The molecule has 0 bridgehead atoms. The monoisotopic (exact) mass is 619 g/mol. The quantitative estimate of drug-likeness (QED) is 0.378. The average molecular weight is 620 g/mol. The predicted molar refractivity (Wildman–Crippen MR) is 174 cm³/mol. The van der Waals surface area contributed by atoms with Crippen molar-refractivity contribution in [3.63, 3.8) is 0 Å². The van der Waals surface area contributed by atoms with E-state index in [0.29, 0.717) is 32.5 Å². The van der Waals surface area contributed by atoms with Crippen LogP contribution in [0, 0.1) is 5.92 Å². The zero-order chi connectivity index (χ0) is 32.5. The van der Waals surface area contributed by atoms with Gasteiger partial charge in [0.25, 0.3) is 11.8 Å². The molecule has 2 aromatic rings. The molecular formula is C35H49N5O5. The minimum absolute atomic E-state index is 0.0138. The fourth-order valence-electron chi connectivity index (χ4n) is 6.17. The van der Waals surface area contributed by atoms with Gasteiger partial charge >= 0.3 is 0 Å². The lowest BCUT2D eigenvalue weighted by molar-refractivity contribution is -0.146. The summed E-state index contributed by atoms with van der Waals surface area (Å²) in [6, 6.07) is 15.8. The van der Waals surface area contributed by atoms with Crippen molar-refractivity contribution in [2.45, 2.75) is 77.5 Å². The Balaban J connectivity index is 1.44. The summed E-state index contributed by atoms with van der Waals surface area (Å²) in [6.45, 7) is 9.98. The van der Waals surface area contributed by atoms with Crippen LogP contribution in [0.5, 0.6) is 5.75 Å². The number of nitrogens with zero attached hydrogens (tertiary/aromatic N) is 3. The zero-order valence-corrected chi connectivity index (χ0v) is 27.3. The van der Waals surface area contributed by atoms with E-state index < -0.39 is 18.0 Å². The maximum absolute atomic E-state index is 14.1. The first-order valence-electron chi connectivity index (χ1n) is 16.2. The number of rotatable bonds is 12. The molecule has 0 unspecified atom stereocenters. The topological polar surface area (TPSA) is 111 Å². The van der Waals surface area contributed by atoms with Crippen LogP contribution >= 0.6 is 0 Å².